The average molecular weight is 379 g/mol. The van der Waals surface area contributed by atoms with Crippen molar-refractivity contribution in [2.24, 2.45) is 0 Å². The van der Waals surface area contributed by atoms with Crippen molar-refractivity contribution in [2.75, 3.05) is 13.7 Å². The zero-order chi connectivity index (χ0) is 13.9. The third kappa shape index (κ3) is 2.69. The molecular formula is C17H18INO. The summed E-state index contributed by atoms with van der Waals surface area (Å²) in [5.41, 5.74) is 3.85. The molecule has 0 radical (unpaired) electrons. The van der Waals surface area contributed by atoms with E-state index in [1.165, 1.54) is 20.3 Å². The zero-order valence-electron chi connectivity index (χ0n) is 11.5. The van der Waals surface area contributed by atoms with Gasteiger partial charge in [0.1, 0.15) is 5.75 Å². The smallest absolute Gasteiger partial charge is 0.127 e. The van der Waals surface area contributed by atoms with Crippen molar-refractivity contribution in [1.29, 1.82) is 0 Å². The summed E-state index contributed by atoms with van der Waals surface area (Å²) >= 11 is 2.36. The lowest BCUT2D eigenvalue weighted by Gasteiger charge is -2.25. The molecule has 3 rings (SSSR count). The van der Waals surface area contributed by atoms with E-state index in [0.717, 1.165) is 25.2 Å². The van der Waals surface area contributed by atoms with Gasteiger partial charge in [-0.25, -0.2) is 0 Å². The predicted octanol–water partition coefficient (Wildman–Crippen LogP) is 3.93. The second kappa shape index (κ2) is 6.14. The van der Waals surface area contributed by atoms with Crippen LogP contribution in [0.1, 0.15) is 29.2 Å². The quantitative estimate of drug-likeness (QED) is 0.817. The van der Waals surface area contributed by atoms with Gasteiger partial charge in [-0.1, -0.05) is 30.3 Å². The first kappa shape index (κ1) is 13.9. The highest BCUT2D eigenvalue weighted by Gasteiger charge is 2.21. The van der Waals surface area contributed by atoms with Crippen LogP contribution in [0.2, 0.25) is 0 Å². The molecule has 1 N–H and O–H groups in total. The maximum absolute atomic E-state index is 5.95. The molecule has 1 aliphatic heterocycles. The van der Waals surface area contributed by atoms with E-state index in [1.807, 2.05) is 7.05 Å². The van der Waals surface area contributed by atoms with Crippen LogP contribution in [0.3, 0.4) is 0 Å². The molecule has 104 valence electrons. The monoisotopic (exact) mass is 379 g/mol. The van der Waals surface area contributed by atoms with Gasteiger partial charge in [0.25, 0.3) is 0 Å². The number of halogens is 1. The van der Waals surface area contributed by atoms with E-state index in [2.05, 4.69) is 70.4 Å². The number of hydrogen-bond acceptors (Lipinski definition) is 2. The third-order valence-electron chi connectivity index (χ3n) is 3.75. The number of rotatable bonds is 3. The summed E-state index contributed by atoms with van der Waals surface area (Å²) in [6, 6.07) is 15.3. The first-order valence-electron chi connectivity index (χ1n) is 6.97. The first-order valence-corrected chi connectivity index (χ1v) is 8.05. The van der Waals surface area contributed by atoms with Gasteiger partial charge in [-0.3, -0.25) is 0 Å². The van der Waals surface area contributed by atoms with Crippen molar-refractivity contribution in [3.8, 4) is 5.75 Å². The molecule has 1 unspecified atom stereocenters. The number of para-hydroxylation sites is 1. The molecule has 20 heavy (non-hydrogen) atoms. The van der Waals surface area contributed by atoms with Crippen molar-refractivity contribution in [3.05, 3.63) is 62.7 Å². The van der Waals surface area contributed by atoms with E-state index in [1.54, 1.807) is 0 Å². The second-order valence-electron chi connectivity index (χ2n) is 5.06. The molecule has 2 aromatic rings. The Bertz CT molecular complexity index is 612. The molecule has 2 aromatic carbocycles. The van der Waals surface area contributed by atoms with Crippen LogP contribution < -0.4 is 10.1 Å². The lowest BCUT2D eigenvalue weighted by atomic mass is 9.94. The Morgan fingerprint density at radius 3 is 2.85 bits per heavy atom. The molecule has 1 atom stereocenters. The molecule has 1 heterocycles. The van der Waals surface area contributed by atoms with E-state index in [4.69, 9.17) is 4.74 Å². The van der Waals surface area contributed by atoms with Crippen LogP contribution in [0.15, 0.2) is 42.5 Å². The Morgan fingerprint density at radius 2 is 2.05 bits per heavy atom. The Hall–Kier alpha value is -1.07. The van der Waals surface area contributed by atoms with Crippen LogP contribution in [0, 0.1) is 3.57 Å². The summed E-state index contributed by atoms with van der Waals surface area (Å²) in [7, 11) is 2.01. The first-order chi connectivity index (χ1) is 9.79. The van der Waals surface area contributed by atoms with Crippen molar-refractivity contribution < 1.29 is 4.74 Å². The predicted molar refractivity (Wildman–Crippen MR) is 90.3 cm³/mol. The van der Waals surface area contributed by atoms with Crippen molar-refractivity contribution in [3.63, 3.8) is 0 Å². The molecular weight excluding hydrogens is 361 g/mol. The zero-order valence-corrected chi connectivity index (χ0v) is 13.7. The van der Waals surface area contributed by atoms with Crippen molar-refractivity contribution in [1.82, 2.24) is 5.32 Å². The van der Waals surface area contributed by atoms with Gasteiger partial charge in [0, 0.05) is 9.13 Å². The molecule has 0 spiro atoms. The van der Waals surface area contributed by atoms with Crippen LogP contribution in [0.25, 0.3) is 0 Å². The molecule has 1 aliphatic rings. The Morgan fingerprint density at radius 1 is 1.20 bits per heavy atom. The fourth-order valence-electron chi connectivity index (χ4n) is 2.83. The highest BCUT2D eigenvalue weighted by atomic mass is 127. The summed E-state index contributed by atoms with van der Waals surface area (Å²) in [4.78, 5) is 0. The number of nitrogens with one attached hydrogen (secondary N) is 1. The van der Waals surface area contributed by atoms with E-state index in [-0.39, 0.29) is 6.04 Å². The maximum Gasteiger partial charge on any atom is 0.127 e. The van der Waals surface area contributed by atoms with Crippen molar-refractivity contribution in [2.45, 2.75) is 18.9 Å². The van der Waals surface area contributed by atoms with Gasteiger partial charge in [-0.05, 0) is 65.7 Å². The standard InChI is InChI=1S/C17H18INO/c1-19-16(13-6-2-8-14(18)11-13)15-9-3-5-12-7-4-10-20-17(12)15/h2-3,5-6,8-9,11,16,19H,4,7,10H2,1H3. The number of benzene rings is 2. The molecule has 0 aliphatic carbocycles. The van der Waals surface area contributed by atoms with Gasteiger partial charge in [0.2, 0.25) is 0 Å². The fourth-order valence-corrected chi connectivity index (χ4v) is 3.40. The molecule has 0 amide bonds. The van der Waals surface area contributed by atoms with E-state index in [0.29, 0.717) is 0 Å². The van der Waals surface area contributed by atoms with Crippen LogP contribution >= 0.6 is 22.6 Å². The molecule has 2 nitrogen and oxygen atoms in total. The van der Waals surface area contributed by atoms with Gasteiger partial charge in [-0.2, -0.15) is 0 Å². The Labute approximate surface area is 133 Å². The lowest BCUT2D eigenvalue weighted by Crippen LogP contribution is -2.20. The topological polar surface area (TPSA) is 21.3 Å². The normalized spacial score (nSPS) is 15.3. The number of ether oxygens (including phenoxy) is 1. The highest BCUT2D eigenvalue weighted by Crippen LogP contribution is 2.35. The Balaban J connectivity index is 2.06. The summed E-state index contributed by atoms with van der Waals surface area (Å²) in [6.45, 7) is 0.826. The summed E-state index contributed by atoms with van der Waals surface area (Å²) in [5.74, 6) is 1.08. The molecule has 0 aromatic heterocycles. The number of aryl methyl sites for hydroxylation is 1. The summed E-state index contributed by atoms with van der Waals surface area (Å²) in [5, 5.41) is 3.43. The lowest BCUT2D eigenvalue weighted by molar-refractivity contribution is 0.283. The third-order valence-corrected chi connectivity index (χ3v) is 4.42. The van der Waals surface area contributed by atoms with Crippen LogP contribution in [0.4, 0.5) is 0 Å². The van der Waals surface area contributed by atoms with Gasteiger partial charge < -0.3 is 10.1 Å². The molecule has 0 saturated heterocycles. The van der Waals surface area contributed by atoms with Gasteiger partial charge >= 0.3 is 0 Å². The highest BCUT2D eigenvalue weighted by molar-refractivity contribution is 14.1. The van der Waals surface area contributed by atoms with E-state index in [9.17, 15) is 0 Å². The summed E-state index contributed by atoms with van der Waals surface area (Å²) in [6.07, 6.45) is 2.23. The minimum Gasteiger partial charge on any atom is -0.493 e. The minimum atomic E-state index is 0.178. The average Bonchev–Trinajstić information content (AvgIpc) is 2.48. The summed E-state index contributed by atoms with van der Waals surface area (Å²) < 4.78 is 7.20. The second-order valence-corrected chi connectivity index (χ2v) is 6.31. The number of fused-ring (bicyclic) bond motifs is 1. The SMILES string of the molecule is CNC(c1cccc(I)c1)c1cccc2c1OCCC2. The van der Waals surface area contributed by atoms with Crippen LogP contribution in [0.5, 0.6) is 5.75 Å². The Kier molecular flexibility index (Phi) is 4.27. The number of hydrogen-bond donors (Lipinski definition) is 1. The largest absolute Gasteiger partial charge is 0.493 e. The van der Waals surface area contributed by atoms with Gasteiger partial charge in [0.15, 0.2) is 0 Å². The maximum atomic E-state index is 5.95. The minimum absolute atomic E-state index is 0.178. The van der Waals surface area contributed by atoms with Crippen molar-refractivity contribution >= 4 is 22.6 Å². The molecule has 3 heteroatoms. The van der Waals surface area contributed by atoms with E-state index >= 15 is 0 Å². The van der Waals surface area contributed by atoms with Crippen LogP contribution in [-0.4, -0.2) is 13.7 Å². The molecule has 0 fully saturated rings. The fraction of sp³-hybridized carbons (Fsp3) is 0.294. The van der Waals surface area contributed by atoms with E-state index < -0.39 is 0 Å². The molecule has 0 bridgehead atoms. The van der Waals surface area contributed by atoms with Gasteiger partial charge in [0.05, 0.1) is 12.6 Å². The van der Waals surface area contributed by atoms with Gasteiger partial charge in [-0.15, -0.1) is 0 Å². The molecule has 0 saturated carbocycles. The van der Waals surface area contributed by atoms with Crippen LogP contribution in [-0.2, 0) is 6.42 Å².